The molecule has 1 fully saturated rings. The molecule has 0 radical (unpaired) electrons. The Morgan fingerprint density at radius 3 is 2.60 bits per heavy atom. The molecule has 1 aliphatic rings. The molecular formula is C23H26N2O5. The Morgan fingerprint density at radius 1 is 1.17 bits per heavy atom. The number of ether oxygens (including phenoxy) is 2. The van der Waals surface area contributed by atoms with Gasteiger partial charge in [0.2, 0.25) is 0 Å². The second-order valence-corrected chi connectivity index (χ2v) is 7.29. The Balaban J connectivity index is 1.72. The second-order valence-electron chi connectivity index (χ2n) is 7.29. The van der Waals surface area contributed by atoms with E-state index in [-0.39, 0.29) is 18.2 Å². The molecule has 2 aromatic rings. The number of aryl methyl sites for hydroxylation is 1. The first-order chi connectivity index (χ1) is 14.5. The van der Waals surface area contributed by atoms with E-state index >= 15 is 0 Å². The van der Waals surface area contributed by atoms with Crippen LogP contribution in [0.5, 0.6) is 0 Å². The Labute approximate surface area is 175 Å². The van der Waals surface area contributed by atoms with Crippen LogP contribution in [0.2, 0.25) is 0 Å². The van der Waals surface area contributed by atoms with Crippen molar-refractivity contribution in [2.75, 3.05) is 19.0 Å². The van der Waals surface area contributed by atoms with Gasteiger partial charge in [-0.05, 0) is 43.5 Å². The van der Waals surface area contributed by atoms with Gasteiger partial charge in [-0.1, -0.05) is 35.9 Å². The van der Waals surface area contributed by atoms with Crippen LogP contribution in [0.3, 0.4) is 0 Å². The Hall–Kier alpha value is -3.19. The van der Waals surface area contributed by atoms with E-state index in [1.54, 1.807) is 24.3 Å². The van der Waals surface area contributed by atoms with Gasteiger partial charge in [-0.25, -0.2) is 0 Å². The van der Waals surface area contributed by atoms with E-state index in [1.165, 1.54) is 7.11 Å². The topological polar surface area (TPSA) is 93.7 Å². The molecule has 1 heterocycles. The maximum atomic E-state index is 12.9. The van der Waals surface area contributed by atoms with Crippen LogP contribution in [0.1, 0.15) is 46.8 Å². The molecule has 1 saturated heterocycles. The van der Waals surface area contributed by atoms with Crippen molar-refractivity contribution < 1.29 is 23.9 Å². The molecule has 30 heavy (non-hydrogen) atoms. The van der Waals surface area contributed by atoms with Gasteiger partial charge in [-0.15, -0.1) is 0 Å². The molecule has 0 aromatic heterocycles. The molecule has 2 aromatic carbocycles. The average molecular weight is 410 g/mol. The third-order valence-corrected chi connectivity index (χ3v) is 5.00. The van der Waals surface area contributed by atoms with Crippen molar-refractivity contribution in [3.8, 4) is 0 Å². The van der Waals surface area contributed by atoms with E-state index in [1.807, 2.05) is 31.2 Å². The van der Waals surface area contributed by atoms with Gasteiger partial charge in [0.25, 0.3) is 11.8 Å². The van der Waals surface area contributed by atoms with Crippen LogP contribution in [-0.4, -0.2) is 37.6 Å². The molecule has 7 heteroatoms. The summed E-state index contributed by atoms with van der Waals surface area (Å²) in [6.45, 7) is 2.55. The molecule has 0 saturated carbocycles. The van der Waals surface area contributed by atoms with Crippen LogP contribution in [-0.2, 0) is 19.1 Å². The summed E-state index contributed by atoms with van der Waals surface area (Å²) >= 11 is 0. The lowest BCUT2D eigenvalue weighted by atomic mass is 10.0. The zero-order valence-electron chi connectivity index (χ0n) is 17.1. The maximum Gasteiger partial charge on any atom is 0.307 e. The summed E-state index contributed by atoms with van der Waals surface area (Å²) in [6.07, 6.45) is 1.12. The van der Waals surface area contributed by atoms with Gasteiger partial charge >= 0.3 is 5.97 Å². The van der Waals surface area contributed by atoms with Crippen LogP contribution in [0.15, 0.2) is 48.5 Å². The van der Waals surface area contributed by atoms with E-state index in [0.717, 1.165) is 17.5 Å². The SMILES string of the molecule is COC(=O)C[C@@H](NC(=O)c1cccc(NC(=O)[C@H]2CCCO2)c1)c1ccc(C)cc1. The molecule has 0 aliphatic carbocycles. The highest BCUT2D eigenvalue weighted by atomic mass is 16.5. The van der Waals surface area contributed by atoms with Gasteiger partial charge in [0.15, 0.2) is 0 Å². The molecule has 1 aliphatic heterocycles. The van der Waals surface area contributed by atoms with Crippen LogP contribution in [0.25, 0.3) is 0 Å². The van der Waals surface area contributed by atoms with Crippen molar-refractivity contribution in [2.45, 2.75) is 38.3 Å². The highest BCUT2D eigenvalue weighted by Crippen LogP contribution is 2.20. The van der Waals surface area contributed by atoms with E-state index < -0.39 is 18.1 Å². The summed E-state index contributed by atoms with van der Waals surface area (Å²) in [7, 11) is 1.32. The van der Waals surface area contributed by atoms with Crippen LogP contribution in [0, 0.1) is 6.92 Å². The number of carbonyl (C=O) groups is 3. The van der Waals surface area contributed by atoms with E-state index in [4.69, 9.17) is 9.47 Å². The van der Waals surface area contributed by atoms with E-state index in [2.05, 4.69) is 10.6 Å². The number of carbonyl (C=O) groups excluding carboxylic acids is 3. The fraction of sp³-hybridized carbons (Fsp3) is 0.348. The number of amides is 2. The number of nitrogens with one attached hydrogen (secondary N) is 2. The Bertz CT molecular complexity index is 904. The zero-order chi connectivity index (χ0) is 21.5. The van der Waals surface area contributed by atoms with Crippen LogP contribution >= 0.6 is 0 Å². The minimum absolute atomic E-state index is 0.0146. The minimum Gasteiger partial charge on any atom is -0.469 e. The maximum absolute atomic E-state index is 12.9. The molecule has 0 unspecified atom stereocenters. The largest absolute Gasteiger partial charge is 0.469 e. The lowest BCUT2D eigenvalue weighted by Gasteiger charge is -2.19. The van der Waals surface area contributed by atoms with Crippen molar-refractivity contribution in [1.29, 1.82) is 0 Å². The summed E-state index contributed by atoms with van der Waals surface area (Å²) in [5.74, 6) is -0.982. The molecule has 158 valence electrons. The molecule has 2 N–H and O–H groups in total. The summed E-state index contributed by atoms with van der Waals surface area (Å²) in [4.78, 5) is 37.0. The molecule has 2 amide bonds. The first-order valence-corrected chi connectivity index (χ1v) is 9.93. The predicted octanol–water partition coefficient (Wildman–Crippen LogP) is 3.15. The first-order valence-electron chi connectivity index (χ1n) is 9.93. The summed E-state index contributed by atoms with van der Waals surface area (Å²) in [5, 5.41) is 5.69. The fourth-order valence-electron chi connectivity index (χ4n) is 3.29. The van der Waals surface area contributed by atoms with Crippen molar-refractivity contribution in [3.05, 3.63) is 65.2 Å². The first kappa shape index (κ1) is 21.5. The molecule has 7 nitrogen and oxygen atoms in total. The lowest BCUT2D eigenvalue weighted by molar-refractivity contribution is -0.141. The Morgan fingerprint density at radius 2 is 1.93 bits per heavy atom. The van der Waals surface area contributed by atoms with Crippen LogP contribution < -0.4 is 10.6 Å². The smallest absolute Gasteiger partial charge is 0.307 e. The molecule has 3 rings (SSSR count). The van der Waals surface area contributed by atoms with Crippen molar-refractivity contribution in [1.82, 2.24) is 5.32 Å². The predicted molar refractivity (Wildman–Crippen MR) is 112 cm³/mol. The van der Waals surface area contributed by atoms with Crippen molar-refractivity contribution in [2.24, 2.45) is 0 Å². The molecule has 2 atom stereocenters. The number of esters is 1. The summed E-state index contributed by atoms with van der Waals surface area (Å²) in [6, 6.07) is 13.7. The minimum atomic E-state index is -0.532. The highest BCUT2D eigenvalue weighted by Gasteiger charge is 2.24. The van der Waals surface area contributed by atoms with Gasteiger partial charge in [0, 0.05) is 17.9 Å². The number of rotatable bonds is 7. The van der Waals surface area contributed by atoms with Gasteiger partial charge < -0.3 is 20.1 Å². The van der Waals surface area contributed by atoms with E-state index in [9.17, 15) is 14.4 Å². The fourth-order valence-corrected chi connectivity index (χ4v) is 3.29. The van der Waals surface area contributed by atoms with Gasteiger partial charge in [0.05, 0.1) is 19.6 Å². The van der Waals surface area contributed by atoms with E-state index in [0.29, 0.717) is 24.3 Å². The number of hydrogen-bond acceptors (Lipinski definition) is 5. The highest BCUT2D eigenvalue weighted by molar-refractivity contribution is 5.98. The normalized spacial score (nSPS) is 16.5. The molecule has 0 bridgehead atoms. The average Bonchev–Trinajstić information content (AvgIpc) is 3.29. The summed E-state index contributed by atoms with van der Waals surface area (Å²) < 4.78 is 10.2. The number of methoxy groups -OCH3 is 1. The van der Waals surface area contributed by atoms with Gasteiger partial charge in [0.1, 0.15) is 6.10 Å². The standard InChI is InChI=1S/C23H26N2O5/c1-15-8-10-16(11-9-15)19(14-21(26)29-2)25-22(27)17-5-3-6-18(13-17)24-23(28)20-7-4-12-30-20/h3,5-6,8-11,13,19-20H,4,7,12,14H2,1-2H3,(H,24,28)(H,25,27)/t19-,20-/m1/s1. The third kappa shape index (κ3) is 5.67. The summed E-state index contributed by atoms with van der Waals surface area (Å²) in [5.41, 5.74) is 2.78. The Kier molecular flexibility index (Phi) is 7.19. The number of benzene rings is 2. The third-order valence-electron chi connectivity index (χ3n) is 5.00. The lowest BCUT2D eigenvalue weighted by Crippen LogP contribution is -2.31. The van der Waals surface area contributed by atoms with Gasteiger partial charge in [-0.2, -0.15) is 0 Å². The molecular weight excluding hydrogens is 384 g/mol. The van der Waals surface area contributed by atoms with Crippen LogP contribution in [0.4, 0.5) is 5.69 Å². The quantitative estimate of drug-likeness (QED) is 0.684. The second kappa shape index (κ2) is 10.0. The monoisotopic (exact) mass is 410 g/mol. The number of anilines is 1. The zero-order valence-corrected chi connectivity index (χ0v) is 17.1. The number of hydrogen-bond donors (Lipinski definition) is 2. The van der Waals surface area contributed by atoms with Gasteiger partial charge in [-0.3, -0.25) is 14.4 Å². The van der Waals surface area contributed by atoms with Crippen molar-refractivity contribution >= 4 is 23.5 Å². The molecule has 0 spiro atoms. The van der Waals surface area contributed by atoms with Crippen molar-refractivity contribution in [3.63, 3.8) is 0 Å².